The van der Waals surface area contributed by atoms with E-state index in [1.165, 1.54) is 9.76 Å². The number of carbonyl (C=O) groups is 1. The first kappa shape index (κ1) is 13.5. The van der Waals surface area contributed by atoms with Crippen molar-refractivity contribution in [3.05, 3.63) is 29.3 Å². The van der Waals surface area contributed by atoms with Crippen LogP contribution < -0.4 is 0 Å². The van der Waals surface area contributed by atoms with Gasteiger partial charge in [0.1, 0.15) is 0 Å². The van der Waals surface area contributed by atoms with Gasteiger partial charge >= 0.3 is 0 Å². The van der Waals surface area contributed by atoms with E-state index in [0.717, 1.165) is 42.8 Å². The number of hydroxylamine groups is 2. The SMILES string of the molecule is O=C(CCCc1nc2ccccc2s1)N1CCCCO1. The molecule has 3 rings (SSSR count). The Morgan fingerprint density at radius 1 is 1.35 bits per heavy atom. The molecule has 0 bridgehead atoms. The number of hydrogen-bond donors (Lipinski definition) is 0. The van der Waals surface area contributed by atoms with Gasteiger partial charge in [-0.1, -0.05) is 12.1 Å². The van der Waals surface area contributed by atoms with Crippen molar-refractivity contribution in [1.82, 2.24) is 10.0 Å². The fraction of sp³-hybridized carbons (Fsp3) is 0.467. The zero-order valence-corrected chi connectivity index (χ0v) is 12.2. The van der Waals surface area contributed by atoms with Gasteiger partial charge in [0, 0.05) is 13.0 Å². The van der Waals surface area contributed by atoms with Crippen molar-refractivity contribution in [3.63, 3.8) is 0 Å². The van der Waals surface area contributed by atoms with Crippen LogP contribution in [0.5, 0.6) is 0 Å². The Bertz CT molecular complexity index is 557. The predicted molar refractivity (Wildman–Crippen MR) is 79.5 cm³/mol. The molecule has 0 atom stereocenters. The van der Waals surface area contributed by atoms with E-state index in [9.17, 15) is 4.79 Å². The number of benzene rings is 1. The van der Waals surface area contributed by atoms with E-state index in [1.807, 2.05) is 18.2 Å². The summed E-state index contributed by atoms with van der Waals surface area (Å²) in [6.45, 7) is 1.41. The van der Waals surface area contributed by atoms with Gasteiger partial charge in [-0.25, -0.2) is 10.0 Å². The summed E-state index contributed by atoms with van der Waals surface area (Å²) in [6, 6.07) is 8.15. The zero-order chi connectivity index (χ0) is 13.8. The minimum absolute atomic E-state index is 0.103. The van der Waals surface area contributed by atoms with Crippen LogP contribution in [-0.4, -0.2) is 29.1 Å². The molecule has 1 fully saturated rings. The molecule has 1 aliphatic heterocycles. The first-order chi connectivity index (χ1) is 9.83. The Hall–Kier alpha value is -1.46. The maximum atomic E-state index is 11.9. The number of aromatic nitrogens is 1. The molecule has 1 aromatic carbocycles. The third kappa shape index (κ3) is 3.16. The van der Waals surface area contributed by atoms with Crippen molar-refractivity contribution < 1.29 is 9.63 Å². The molecule has 4 nitrogen and oxygen atoms in total. The molecule has 2 heterocycles. The lowest BCUT2D eigenvalue weighted by molar-refractivity contribution is -0.197. The van der Waals surface area contributed by atoms with Gasteiger partial charge in [-0.2, -0.15) is 0 Å². The van der Waals surface area contributed by atoms with Crippen molar-refractivity contribution in [2.75, 3.05) is 13.2 Å². The number of para-hydroxylation sites is 1. The summed E-state index contributed by atoms with van der Waals surface area (Å²) in [5, 5.41) is 2.64. The summed E-state index contributed by atoms with van der Waals surface area (Å²) < 4.78 is 1.22. The molecule has 1 aromatic heterocycles. The monoisotopic (exact) mass is 290 g/mol. The van der Waals surface area contributed by atoms with Gasteiger partial charge in [-0.05, 0) is 37.8 Å². The molecule has 5 heteroatoms. The van der Waals surface area contributed by atoms with E-state index in [2.05, 4.69) is 11.1 Å². The Morgan fingerprint density at radius 3 is 3.05 bits per heavy atom. The second-order valence-electron chi connectivity index (χ2n) is 4.97. The number of fused-ring (bicyclic) bond motifs is 1. The maximum Gasteiger partial charge on any atom is 0.246 e. The molecule has 2 aromatic rings. The van der Waals surface area contributed by atoms with Crippen molar-refractivity contribution >= 4 is 27.5 Å². The quantitative estimate of drug-likeness (QED) is 0.868. The molecule has 0 saturated carbocycles. The van der Waals surface area contributed by atoms with Crippen molar-refractivity contribution in [3.8, 4) is 0 Å². The molecule has 0 spiro atoms. The lowest BCUT2D eigenvalue weighted by Gasteiger charge is -2.25. The maximum absolute atomic E-state index is 11.9. The van der Waals surface area contributed by atoms with Crippen LogP contribution in [0.4, 0.5) is 0 Å². The van der Waals surface area contributed by atoms with E-state index in [0.29, 0.717) is 13.0 Å². The molecule has 0 unspecified atom stereocenters. The highest BCUT2D eigenvalue weighted by Crippen LogP contribution is 2.22. The largest absolute Gasteiger partial charge is 0.273 e. The van der Waals surface area contributed by atoms with Gasteiger partial charge in [0.25, 0.3) is 0 Å². The van der Waals surface area contributed by atoms with E-state index in [4.69, 9.17) is 4.84 Å². The second-order valence-corrected chi connectivity index (χ2v) is 6.08. The third-order valence-electron chi connectivity index (χ3n) is 3.40. The summed E-state index contributed by atoms with van der Waals surface area (Å²) in [6.07, 6.45) is 4.33. The summed E-state index contributed by atoms with van der Waals surface area (Å²) >= 11 is 1.72. The van der Waals surface area contributed by atoms with Crippen LogP contribution >= 0.6 is 11.3 Å². The second kappa shape index (κ2) is 6.33. The smallest absolute Gasteiger partial charge is 0.246 e. The first-order valence-electron chi connectivity index (χ1n) is 7.11. The summed E-state index contributed by atoms with van der Waals surface area (Å²) in [5.41, 5.74) is 1.05. The average molecular weight is 290 g/mol. The molecule has 1 aliphatic rings. The number of nitrogens with zero attached hydrogens (tertiary/aromatic N) is 2. The molecule has 1 saturated heterocycles. The number of carbonyl (C=O) groups excluding carboxylic acids is 1. The Kier molecular flexibility index (Phi) is 4.28. The van der Waals surface area contributed by atoms with Gasteiger partial charge in [-0.3, -0.25) is 9.63 Å². The van der Waals surface area contributed by atoms with Crippen LogP contribution in [0.3, 0.4) is 0 Å². The van der Waals surface area contributed by atoms with Crippen LogP contribution in [0.15, 0.2) is 24.3 Å². The van der Waals surface area contributed by atoms with Crippen molar-refractivity contribution in [2.45, 2.75) is 32.1 Å². The van der Waals surface area contributed by atoms with Gasteiger partial charge in [0.05, 0.1) is 21.8 Å². The number of rotatable bonds is 4. The molecular formula is C15H18N2O2S. The molecule has 0 radical (unpaired) electrons. The normalized spacial score (nSPS) is 15.7. The summed E-state index contributed by atoms with van der Waals surface area (Å²) in [7, 11) is 0. The number of amides is 1. The van der Waals surface area contributed by atoms with Gasteiger partial charge in [-0.15, -0.1) is 11.3 Å². The fourth-order valence-corrected chi connectivity index (χ4v) is 3.34. The summed E-state index contributed by atoms with van der Waals surface area (Å²) in [4.78, 5) is 21.9. The van der Waals surface area contributed by atoms with Crippen LogP contribution in [0.1, 0.15) is 30.7 Å². The molecule has 106 valence electrons. The van der Waals surface area contributed by atoms with Gasteiger partial charge in [0.2, 0.25) is 5.91 Å². The Morgan fingerprint density at radius 2 is 2.25 bits per heavy atom. The zero-order valence-electron chi connectivity index (χ0n) is 11.4. The first-order valence-corrected chi connectivity index (χ1v) is 7.92. The standard InChI is InChI=1S/C15H18N2O2S/c18-15(17-10-3-4-11-19-17)9-5-8-14-16-12-6-1-2-7-13(12)20-14/h1-2,6-7H,3-5,8-11H2. The Balaban J connectivity index is 1.50. The topological polar surface area (TPSA) is 42.4 Å². The lowest BCUT2D eigenvalue weighted by atomic mass is 10.2. The van der Waals surface area contributed by atoms with Crippen LogP contribution in [0, 0.1) is 0 Å². The highest BCUT2D eigenvalue weighted by molar-refractivity contribution is 7.18. The van der Waals surface area contributed by atoms with Crippen LogP contribution in [0.2, 0.25) is 0 Å². The number of thiazole rings is 1. The Labute approximate surface area is 122 Å². The van der Waals surface area contributed by atoms with E-state index < -0.39 is 0 Å². The number of hydrogen-bond acceptors (Lipinski definition) is 4. The van der Waals surface area contributed by atoms with E-state index >= 15 is 0 Å². The third-order valence-corrected chi connectivity index (χ3v) is 4.50. The minimum Gasteiger partial charge on any atom is -0.273 e. The average Bonchev–Trinajstić information content (AvgIpc) is 2.90. The van der Waals surface area contributed by atoms with Gasteiger partial charge in [0.15, 0.2) is 0 Å². The lowest BCUT2D eigenvalue weighted by Crippen LogP contribution is -2.35. The molecule has 0 aliphatic carbocycles. The molecule has 20 heavy (non-hydrogen) atoms. The predicted octanol–water partition coefficient (Wildman–Crippen LogP) is 3.17. The van der Waals surface area contributed by atoms with E-state index in [-0.39, 0.29) is 5.91 Å². The molecule has 0 N–H and O–H groups in total. The fourth-order valence-electron chi connectivity index (χ4n) is 2.34. The van der Waals surface area contributed by atoms with Crippen molar-refractivity contribution in [1.29, 1.82) is 0 Å². The minimum atomic E-state index is 0.103. The van der Waals surface area contributed by atoms with Crippen molar-refractivity contribution in [2.24, 2.45) is 0 Å². The highest BCUT2D eigenvalue weighted by Gasteiger charge is 2.17. The molecular weight excluding hydrogens is 272 g/mol. The van der Waals surface area contributed by atoms with E-state index in [1.54, 1.807) is 11.3 Å². The highest BCUT2D eigenvalue weighted by atomic mass is 32.1. The van der Waals surface area contributed by atoms with Crippen LogP contribution in [-0.2, 0) is 16.1 Å². The van der Waals surface area contributed by atoms with Crippen LogP contribution in [0.25, 0.3) is 10.2 Å². The van der Waals surface area contributed by atoms with Gasteiger partial charge < -0.3 is 0 Å². The molecule has 1 amide bonds. The number of aryl methyl sites for hydroxylation is 1. The summed E-state index contributed by atoms with van der Waals surface area (Å²) in [5.74, 6) is 0.103.